The summed E-state index contributed by atoms with van der Waals surface area (Å²) in [5.41, 5.74) is 2.81. The van der Waals surface area contributed by atoms with Crippen molar-refractivity contribution in [3.8, 4) is 5.75 Å². The lowest BCUT2D eigenvalue weighted by atomic mass is 10.0. The van der Waals surface area contributed by atoms with Crippen LogP contribution in [0.15, 0.2) is 78.9 Å². The summed E-state index contributed by atoms with van der Waals surface area (Å²) in [5, 5.41) is 3.04. The van der Waals surface area contributed by atoms with Gasteiger partial charge in [0.05, 0.1) is 12.9 Å². The Kier molecular flexibility index (Phi) is 11.5. The second-order valence-electron chi connectivity index (χ2n) is 8.84. The highest BCUT2D eigenvalue weighted by Crippen LogP contribution is 2.20. The highest BCUT2D eigenvalue weighted by molar-refractivity contribution is 7.99. The molecule has 1 N–H and O–H groups in total. The first-order chi connectivity index (χ1) is 18.0. The van der Waals surface area contributed by atoms with Crippen molar-refractivity contribution >= 4 is 23.6 Å². The molecule has 3 aromatic carbocycles. The van der Waals surface area contributed by atoms with Crippen molar-refractivity contribution in [2.75, 3.05) is 19.4 Å². The van der Waals surface area contributed by atoms with Gasteiger partial charge in [0.1, 0.15) is 17.6 Å². The maximum Gasteiger partial charge on any atom is 0.243 e. The molecule has 0 aliphatic heterocycles. The Morgan fingerprint density at radius 1 is 0.973 bits per heavy atom. The number of ether oxygens (including phenoxy) is 1. The summed E-state index contributed by atoms with van der Waals surface area (Å²) >= 11 is 1.45. The molecule has 0 heterocycles. The molecule has 196 valence electrons. The number of carbonyl (C=O) groups is 2. The first-order valence-electron chi connectivity index (χ1n) is 12.6. The number of nitrogens with one attached hydrogen (secondary N) is 1. The molecule has 37 heavy (non-hydrogen) atoms. The van der Waals surface area contributed by atoms with E-state index < -0.39 is 6.04 Å². The monoisotopic (exact) mass is 522 g/mol. The van der Waals surface area contributed by atoms with Crippen molar-refractivity contribution in [3.63, 3.8) is 0 Å². The van der Waals surface area contributed by atoms with E-state index in [0.29, 0.717) is 24.5 Å². The second kappa shape index (κ2) is 15.1. The zero-order valence-electron chi connectivity index (χ0n) is 21.5. The normalized spacial score (nSPS) is 11.5. The fourth-order valence-electron chi connectivity index (χ4n) is 3.95. The molecule has 1 unspecified atom stereocenters. The third kappa shape index (κ3) is 9.25. The standard InChI is InChI=1S/C30H35FN2O3S/c1-3-4-17-32-30(35)28(19-23-9-6-5-7-10-23)33(20-25-11-8-12-27(18-25)36-2)29(34)22-37-21-24-13-15-26(31)16-14-24/h5-16,18,28H,3-4,17,19-22H2,1-2H3,(H,32,35). The SMILES string of the molecule is CCCCNC(=O)C(Cc1ccccc1)N(Cc1cccc(OC)c1)C(=O)CSCc1ccc(F)cc1. The van der Waals surface area contributed by atoms with Gasteiger partial charge in [-0.1, -0.05) is 67.9 Å². The van der Waals surface area contributed by atoms with Crippen molar-refractivity contribution in [3.05, 3.63) is 101 Å². The molecular formula is C30H35FN2O3S. The van der Waals surface area contributed by atoms with E-state index in [1.165, 1.54) is 23.9 Å². The molecular weight excluding hydrogens is 487 g/mol. The van der Waals surface area contributed by atoms with E-state index in [-0.39, 0.29) is 29.9 Å². The number of hydrogen-bond acceptors (Lipinski definition) is 4. The van der Waals surface area contributed by atoms with E-state index in [1.54, 1.807) is 24.1 Å². The minimum absolute atomic E-state index is 0.124. The molecule has 0 aromatic heterocycles. The highest BCUT2D eigenvalue weighted by atomic mass is 32.2. The number of halogens is 1. The molecule has 7 heteroatoms. The Morgan fingerprint density at radius 3 is 2.41 bits per heavy atom. The molecule has 0 aliphatic rings. The summed E-state index contributed by atoms with van der Waals surface area (Å²) in [6, 6.07) is 22.9. The first-order valence-corrected chi connectivity index (χ1v) is 13.7. The zero-order chi connectivity index (χ0) is 26.5. The number of hydrogen-bond donors (Lipinski definition) is 1. The maximum absolute atomic E-state index is 13.6. The lowest BCUT2D eigenvalue weighted by Crippen LogP contribution is -2.51. The summed E-state index contributed by atoms with van der Waals surface area (Å²) in [6.07, 6.45) is 2.26. The smallest absolute Gasteiger partial charge is 0.243 e. The van der Waals surface area contributed by atoms with Crippen LogP contribution in [0.3, 0.4) is 0 Å². The van der Waals surface area contributed by atoms with Crippen LogP contribution in [0.5, 0.6) is 5.75 Å². The van der Waals surface area contributed by atoms with E-state index in [1.807, 2.05) is 54.6 Å². The topological polar surface area (TPSA) is 58.6 Å². The Labute approximate surface area is 223 Å². The molecule has 0 aliphatic carbocycles. The van der Waals surface area contributed by atoms with Gasteiger partial charge >= 0.3 is 0 Å². The van der Waals surface area contributed by atoms with E-state index >= 15 is 0 Å². The first kappa shape index (κ1) is 28.3. The molecule has 0 fully saturated rings. The summed E-state index contributed by atoms with van der Waals surface area (Å²) in [6.45, 7) is 2.93. The summed E-state index contributed by atoms with van der Waals surface area (Å²) < 4.78 is 18.6. The van der Waals surface area contributed by atoms with Gasteiger partial charge in [0.15, 0.2) is 0 Å². The number of thioether (sulfide) groups is 1. The number of rotatable bonds is 14. The molecule has 1 atom stereocenters. The molecule has 5 nitrogen and oxygen atoms in total. The molecule has 0 radical (unpaired) electrons. The predicted octanol–water partition coefficient (Wildman–Crippen LogP) is 5.62. The summed E-state index contributed by atoms with van der Waals surface area (Å²) in [4.78, 5) is 28.8. The third-order valence-electron chi connectivity index (χ3n) is 6.00. The van der Waals surface area contributed by atoms with Crippen LogP contribution in [0.2, 0.25) is 0 Å². The summed E-state index contributed by atoms with van der Waals surface area (Å²) in [5.74, 6) is 0.910. The minimum Gasteiger partial charge on any atom is -0.497 e. The van der Waals surface area contributed by atoms with Crippen LogP contribution in [0.25, 0.3) is 0 Å². The fourth-order valence-corrected chi connectivity index (χ4v) is 4.82. The van der Waals surface area contributed by atoms with Gasteiger partial charge in [-0.05, 0) is 47.4 Å². The second-order valence-corrected chi connectivity index (χ2v) is 9.83. The van der Waals surface area contributed by atoms with Crippen LogP contribution in [0, 0.1) is 5.82 Å². The largest absolute Gasteiger partial charge is 0.497 e. The Balaban J connectivity index is 1.84. The average molecular weight is 523 g/mol. The Bertz CT molecular complexity index is 1130. The van der Waals surface area contributed by atoms with Crippen LogP contribution in [-0.4, -0.2) is 42.2 Å². The van der Waals surface area contributed by atoms with E-state index in [2.05, 4.69) is 12.2 Å². The van der Waals surface area contributed by atoms with E-state index in [0.717, 1.165) is 29.5 Å². The van der Waals surface area contributed by atoms with Crippen molar-refractivity contribution < 1.29 is 18.7 Å². The quantitative estimate of drug-likeness (QED) is 0.279. The van der Waals surface area contributed by atoms with Gasteiger partial charge in [-0.3, -0.25) is 9.59 Å². The number of amides is 2. The van der Waals surface area contributed by atoms with Crippen LogP contribution in [0.1, 0.15) is 36.5 Å². The third-order valence-corrected chi connectivity index (χ3v) is 6.98. The van der Waals surface area contributed by atoms with E-state index in [4.69, 9.17) is 4.74 Å². The number of unbranched alkanes of at least 4 members (excludes halogenated alkanes) is 1. The van der Waals surface area contributed by atoms with Gasteiger partial charge in [-0.25, -0.2) is 4.39 Å². The van der Waals surface area contributed by atoms with Gasteiger partial charge in [0, 0.05) is 25.3 Å². The molecule has 0 saturated carbocycles. The predicted molar refractivity (Wildman–Crippen MR) is 148 cm³/mol. The van der Waals surface area contributed by atoms with Gasteiger partial charge in [-0.2, -0.15) is 0 Å². The Morgan fingerprint density at radius 2 is 1.70 bits per heavy atom. The number of nitrogens with zero attached hydrogens (tertiary/aromatic N) is 1. The lowest BCUT2D eigenvalue weighted by Gasteiger charge is -2.31. The maximum atomic E-state index is 13.6. The molecule has 2 amide bonds. The number of carbonyl (C=O) groups excluding carboxylic acids is 2. The molecule has 3 aromatic rings. The van der Waals surface area contributed by atoms with Gasteiger partial charge in [0.25, 0.3) is 0 Å². The van der Waals surface area contributed by atoms with Crippen molar-refractivity contribution in [1.82, 2.24) is 10.2 Å². The van der Waals surface area contributed by atoms with Crippen LogP contribution >= 0.6 is 11.8 Å². The lowest BCUT2D eigenvalue weighted by molar-refractivity contribution is -0.139. The molecule has 0 bridgehead atoms. The van der Waals surface area contributed by atoms with E-state index in [9.17, 15) is 14.0 Å². The van der Waals surface area contributed by atoms with Gasteiger partial charge < -0.3 is 15.0 Å². The Hall–Kier alpha value is -3.32. The van der Waals surface area contributed by atoms with Crippen LogP contribution in [0.4, 0.5) is 4.39 Å². The molecule has 3 rings (SSSR count). The van der Waals surface area contributed by atoms with Crippen LogP contribution < -0.4 is 10.1 Å². The highest BCUT2D eigenvalue weighted by Gasteiger charge is 2.30. The number of benzene rings is 3. The zero-order valence-corrected chi connectivity index (χ0v) is 22.3. The summed E-state index contributed by atoms with van der Waals surface area (Å²) in [7, 11) is 1.60. The minimum atomic E-state index is -0.663. The van der Waals surface area contributed by atoms with Gasteiger partial charge in [-0.15, -0.1) is 11.8 Å². The molecule has 0 saturated heterocycles. The van der Waals surface area contributed by atoms with Crippen LogP contribution in [-0.2, 0) is 28.3 Å². The number of methoxy groups -OCH3 is 1. The molecule has 0 spiro atoms. The van der Waals surface area contributed by atoms with Gasteiger partial charge in [0.2, 0.25) is 11.8 Å². The average Bonchev–Trinajstić information content (AvgIpc) is 2.92. The van der Waals surface area contributed by atoms with Crippen molar-refractivity contribution in [2.24, 2.45) is 0 Å². The fraction of sp³-hybridized carbons (Fsp3) is 0.333. The van der Waals surface area contributed by atoms with Crippen molar-refractivity contribution in [2.45, 2.75) is 44.5 Å². The van der Waals surface area contributed by atoms with Crippen molar-refractivity contribution in [1.29, 1.82) is 0 Å².